The summed E-state index contributed by atoms with van der Waals surface area (Å²) in [5.41, 5.74) is 2.32. The van der Waals surface area contributed by atoms with E-state index in [4.69, 9.17) is 11.6 Å². The first kappa shape index (κ1) is 18.7. The Hall–Kier alpha value is -2.13. The Morgan fingerprint density at radius 3 is 2.77 bits per heavy atom. The fraction of sp³-hybridized carbons (Fsp3) is 0.375. The molecule has 0 radical (unpaired) electrons. The first-order valence-corrected chi connectivity index (χ1v) is 9.30. The predicted molar refractivity (Wildman–Crippen MR) is 101 cm³/mol. The smallest absolute Gasteiger partial charge is 0.271 e. The molecule has 8 nitrogen and oxygen atoms in total. The van der Waals surface area contributed by atoms with Crippen LogP contribution in [0.4, 0.5) is 0 Å². The molecule has 26 heavy (non-hydrogen) atoms. The molecule has 0 aliphatic heterocycles. The first-order chi connectivity index (χ1) is 12.4. The van der Waals surface area contributed by atoms with Crippen LogP contribution in [-0.2, 0) is 13.2 Å². The highest BCUT2D eigenvalue weighted by Crippen LogP contribution is 2.19. The van der Waals surface area contributed by atoms with Crippen molar-refractivity contribution in [2.75, 3.05) is 6.54 Å². The number of halogens is 2. The van der Waals surface area contributed by atoms with Crippen LogP contribution >= 0.6 is 27.5 Å². The van der Waals surface area contributed by atoms with Gasteiger partial charge in [0.2, 0.25) is 0 Å². The van der Waals surface area contributed by atoms with E-state index in [9.17, 15) is 4.79 Å². The maximum Gasteiger partial charge on any atom is 0.271 e. The number of hydrogen-bond acceptors (Lipinski definition) is 4. The van der Waals surface area contributed by atoms with Gasteiger partial charge in [-0.15, -0.1) is 0 Å². The van der Waals surface area contributed by atoms with E-state index in [0.717, 1.165) is 22.3 Å². The van der Waals surface area contributed by atoms with Crippen molar-refractivity contribution in [1.29, 1.82) is 0 Å². The van der Waals surface area contributed by atoms with Crippen LogP contribution in [0.2, 0.25) is 5.02 Å². The van der Waals surface area contributed by atoms with Crippen molar-refractivity contribution in [3.63, 3.8) is 0 Å². The Kier molecular flexibility index (Phi) is 5.77. The average Bonchev–Trinajstić information content (AvgIpc) is 3.30. The third-order valence-corrected chi connectivity index (χ3v) is 5.24. The highest BCUT2D eigenvalue weighted by Gasteiger charge is 2.12. The number of nitrogens with zero attached hydrogens (tertiary/aromatic N) is 6. The van der Waals surface area contributed by atoms with Crippen molar-refractivity contribution in [3.05, 3.63) is 51.2 Å². The second-order valence-corrected chi connectivity index (χ2v) is 7.13. The number of hydrogen-bond donors (Lipinski definition) is 1. The zero-order valence-corrected chi connectivity index (χ0v) is 16.8. The summed E-state index contributed by atoms with van der Waals surface area (Å²) < 4.78 is 6.26. The van der Waals surface area contributed by atoms with E-state index in [0.29, 0.717) is 30.5 Å². The lowest BCUT2D eigenvalue weighted by atomic mass is 10.3. The second-order valence-electron chi connectivity index (χ2n) is 5.90. The first-order valence-electron chi connectivity index (χ1n) is 8.13. The lowest BCUT2D eigenvalue weighted by molar-refractivity contribution is 0.0946. The fourth-order valence-electron chi connectivity index (χ4n) is 2.51. The van der Waals surface area contributed by atoms with E-state index < -0.39 is 0 Å². The van der Waals surface area contributed by atoms with Gasteiger partial charge in [-0.2, -0.15) is 15.3 Å². The molecule has 138 valence electrons. The molecule has 3 rings (SSSR count). The van der Waals surface area contributed by atoms with E-state index in [1.54, 1.807) is 34.0 Å². The van der Waals surface area contributed by atoms with Gasteiger partial charge in [0, 0.05) is 25.5 Å². The van der Waals surface area contributed by atoms with Crippen molar-refractivity contribution < 1.29 is 4.79 Å². The maximum absolute atomic E-state index is 12.2. The van der Waals surface area contributed by atoms with E-state index in [1.165, 1.54) is 0 Å². The molecule has 3 heterocycles. The summed E-state index contributed by atoms with van der Waals surface area (Å²) >= 11 is 9.32. The number of amides is 1. The van der Waals surface area contributed by atoms with E-state index in [1.807, 2.05) is 18.5 Å². The molecule has 0 saturated carbocycles. The molecule has 1 amide bonds. The van der Waals surface area contributed by atoms with Gasteiger partial charge in [0.15, 0.2) is 0 Å². The molecule has 0 aliphatic rings. The van der Waals surface area contributed by atoms with Crippen LogP contribution in [0.3, 0.4) is 0 Å². The molecule has 3 aromatic rings. The van der Waals surface area contributed by atoms with Crippen LogP contribution < -0.4 is 5.32 Å². The number of aromatic nitrogens is 6. The third kappa shape index (κ3) is 4.34. The van der Waals surface area contributed by atoms with Crippen molar-refractivity contribution in [1.82, 2.24) is 34.7 Å². The normalized spacial score (nSPS) is 11.1. The van der Waals surface area contributed by atoms with Gasteiger partial charge in [0.05, 0.1) is 27.1 Å². The topological polar surface area (TPSA) is 82.6 Å². The number of nitrogens with one attached hydrogen (secondary N) is 1. The van der Waals surface area contributed by atoms with E-state index in [-0.39, 0.29) is 5.91 Å². The van der Waals surface area contributed by atoms with Gasteiger partial charge in [-0.25, -0.2) is 4.68 Å². The Labute approximate surface area is 164 Å². The fourth-order valence-corrected chi connectivity index (χ4v) is 2.95. The molecule has 0 saturated heterocycles. The monoisotopic (exact) mass is 439 g/mol. The minimum atomic E-state index is -0.197. The molecule has 3 aromatic heterocycles. The van der Waals surface area contributed by atoms with Gasteiger partial charge in [0.25, 0.3) is 5.91 Å². The minimum Gasteiger partial charge on any atom is -0.351 e. The van der Waals surface area contributed by atoms with Crippen LogP contribution in [0.15, 0.2) is 29.1 Å². The van der Waals surface area contributed by atoms with E-state index >= 15 is 0 Å². The molecule has 10 heteroatoms. The highest BCUT2D eigenvalue weighted by atomic mass is 79.9. The molecule has 0 spiro atoms. The largest absolute Gasteiger partial charge is 0.351 e. The van der Waals surface area contributed by atoms with Gasteiger partial charge in [0.1, 0.15) is 12.4 Å². The summed E-state index contributed by atoms with van der Waals surface area (Å²) in [7, 11) is 0. The zero-order chi connectivity index (χ0) is 18.7. The third-order valence-electron chi connectivity index (χ3n) is 3.90. The summed E-state index contributed by atoms with van der Waals surface area (Å²) in [5, 5.41) is 16.3. The minimum absolute atomic E-state index is 0.197. The van der Waals surface area contributed by atoms with Gasteiger partial charge >= 0.3 is 0 Å². The zero-order valence-electron chi connectivity index (χ0n) is 14.5. The standard InChI is InChI=1S/C16H19BrClN7O/c1-11-15(17)12(2)25(21-11)10-24-7-4-14(22-24)16(26)19-5-3-6-23-9-13(18)8-20-23/h4,7-9H,3,5-6,10H2,1-2H3,(H,19,26). The molecule has 0 unspecified atom stereocenters. The van der Waals surface area contributed by atoms with Crippen molar-refractivity contribution in [2.45, 2.75) is 33.5 Å². The van der Waals surface area contributed by atoms with Crippen LogP contribution in [0.5, 0.6) is 0 Å². The molecule has 0 atom stereocenters. The molecule has 1 N–H and O–H groups in total. The number of carbonyl (C=O) groups is 1. The van der Waals surface area contributed by atoms with Crippen molar-refractivity contribution in [3.8, 4) is 0 Å². The second kappa shape index (κ2) is 8.05. The quantitative estimate of drug-likeness (QED) is 0.573. The molecule has 0 bridgehead atoms. The molecule has 0 fully saturated rings. The summed E-state index contributed by atoms with van der Waals surface area (Å²) in [6.07, 6.45) is 5.87. The molecule has 0 aliphatic carbocycles. The predicted octanol–water partition coefficient (Wildman–Crippen LogP) is 2.63. The number of carbonyl (C=O) groups excluding carboxylic acids is 1. The highest BCUT2D eigenvalue weighted by molar-refractivity contribution is 9.10. The van der Waals surface area contributed by atoms with Crippen LogP contribution in [-0.4, -0.2) is 41.8 Å². The van der Waals surface area contributed by atoms with Crippen LogP contribution in [0, 0.1) is 13.8 Å². The van der Waals surface area contributed by atoms with Crippen LogP contribution in [0.25, 0.3) is 0 Å². The SMILES string of the molecule is Cc1nn(Cn2ccc(C(=O)NCCCn3cc(Cl)cn3)n2)c(C)c1Br. The van der Waals surface area contributed by atoms with Gasteiger partial charge < -0.3 is 5.32 Å². The average molecular weight is 441 g/mol. The molecular formula is C16H19BrClN7O. The Morgan fingerprint density at radius 2 is 2.12 bits per heavy atom. The van der Waals surface area contributed by atoms with Gasteiger partial charge in [-0.05, 0) is 42.3 Å². The lowest BCUT2D eigenvalue weighted by Crippen LogP contribution is -2.26. The summed E-state index contributed by atoms with van der Waals surface area (Å²) in [6.45, 7) is 5.59. The summed E-state index contributed by atoms with van der Waals surface area (Å²) in [4.78, 5) is 12.2. The Bertz CT molecular complexity index is 914. The summed E-state index contributed by atoms with van der Waals surface area (Å²) in [5.74, 6) is -0.197. The Balaban J connectivity index is 1.50. The maximum atomic E-state index is 12.2. The van der Waals surface area contributed by atoms with E-state index in [2.05, 4.69) is 36.5 Å². The van der Waals surface area contributed by atoms with Crippen molar-refractivity contribution in [2.24, 2.45) is 0 Å². The Morgan fingerprint density at radius 1 is 1.31 bits per heavy atom. The van der Waals surface area contributed by atoms with Crippen LogP contribution in [0.1, 0.15) is 28.3 Å². The van der Waals surface area contributed by atoms with Gasteiger partial charge in [-0.3, -0.25) is 14.2 Å². The lowest BCUT2D eigenvalue weighted by Gasteiger charge is -2.05. The molecule has 0 aromatic carbocycles. The number of aryl methyl sites for hydroxylation is 2. The molecular weight excluding hydrogens is 422 g/mol. The summed E-state index contributed by atoms with van der Waals surface area (Å²) in [6, 6.07) is 1.70. The van der Waals surface area contributed by atoms with Crippen molar-refractivity contribution >= 4 is 33.4 Å². The number of rotatable bonds is 7. The van der Waals surface area contributed by atoms with Gasteiger partial charge in [-0.1, -0.05) is 11.6 Å².